The Morgan fingerprint density at radius 1 is 1.29 bits per heavy atom. The standard InChI is InChI=1S/C22H25N3O3/c1-14(2)5-4-8-27-20-10-19-16(9-17(20)21-12-24-13-28-21)15-6-7-23-11-18(15)22(26)25(19)3/h6-7,9-12,14,21H,4-5,8,13H2,1-3H3. The predicted molar refractivity (Wildman–Crippen MR) is 111 cm³/mol. The van der Waals surface area contributed by atoms with Crippen LogP contribution in [0.3, 0.4) is 0 Å². The van der Waals surface area contributed by atoms with Crippen LogP contribution in [0.5, 0.6) is 5.75 Å². The maximum atomic E-state index is 12.8. The fourth-order valence-electron chi connectivity index (χ4n) is 3.67. The molecule has 0 N–H and O–H groups in total. The topological polar surface area (TPSA) is 65.7 Å². The first-order chi connectivity index (χ1) is 13.6. The molecule has 28 heavy (non-hydrogen) atoms. The molecule has 4 rings (SSSR count). The van der Waals surface area contributed by atoms with Gasteiger partial charge in [0.25, 0.3) is 5.56 Å². The van der Waals surface area contributed by atoms with E-state index >= 15 is 0 Å². The first-order valence-corrected chi connectivity index (χ1v) is 9.71. The van der Waals surface area contributed by atoms with E-state index in [2.05, 4.69) is 29.9 Å². The number of aryl methyl sites for hydroxylation is 1. The van der Waals surface area contributed by atoms with E-state index in [1.54, 1.807) is 24.0 Å². The van der Waals surface area contributed by atoms with E-state index in [4.69, 9.17) is 9.47 Å². The van der Waals surface area contributed by atoms with E-state index in [0.29, 0.717) is 24.6 Å². The molecule has 6 nitrogen and oxygen atoms in total. The Bertz CT molecular complexity index is 1100. The maximum absolute atomic E-state index is 12.8. The molecule has 0 fully saturated rings. The van der Waals surface area contributed by atoms with Gasteiger partial charge in [0.15, 0.2) is 0 Å². The zero-order valence-corrected chi connectivity index (χ0v) is 16.5. The number of ether oxygens (including phenoxy) is 2. The van der Waals surface area contributed by atoms with Crippen molar-refractivity contribution in [3.8, 4) is 5.75 Å². The molecule has 6 heteroatoms. The van der Waals surface area contributed by atoms with Crippen LogP contribution in [0, 0.1) is 5.92 Å². The Kier molecular flexibility index (Phi) is 5.13. The van der Waals surface area contributed by atoms with Gasteiger partial charge in [-0.25, -0.2) is 0 Å². The molecule has 1 unspecified atom stereocenters. The minimum absolute atomic E-state index is 0.0622. The van der Waals surface area contributed by atoms with Crippen molar-refractivity contribution in [3.05, 3.63) is 46.5 Å². The van der Waals surface area contributed by atoms with Gasteiger partial charge in [-0.05, 0) is 36.3 Å². The third-order valence-corrected chi connectivity index (χ3v) is 5.20. The van der Waals surface area contributed by atoms with Gasteiger partial charge in [0.1, 0.15) is 18.6 Å². The lowest BCUT2D eigenvalue weighted by molar-refractivity contribution is 0.126. The third kappa shape index (κ3) is 3.40. The summed E-state index contributed by atoms with van der Waals surface area (Å²) in [6.07, 6.45) is 7.01. The van der Waals surface area contributed by atoms with Crippen molar-refractivity contribution in [1.29, 1.82) is 0 Å². The van der Waals surface area contributed by atoms with Crippen LogP contribution in [-0.4, -0.2) is 29.1 Å². The Labute approximate surface area is 163 Å². The summed E-state index contributed by atoms with van der Waals surface area (Å²) in [6, 6.07) is 5.91. The molecule has 1 aliphatic rings. The number of hydrogen-bond donors (Lipinski definition) is 0. The van der Waals surface area contributed by atoms with E-state index in [1.807, 2.05) is 18.3 Å². The number of pyridine rings is 2. The van der Waals surface area contributed by atoms with Crippen molar-refractivity contribution >= 4 is 27.9 Å². The molecule has 0 aliphatic carbocycles. The van der Waals surface area contributed by atoms with Crippen LogP contribution in [0.15, 0.2) is 40.4 Å². The zero-order chi connectivity index (χ0) is 19.7. The molecule has 0 bridgehead atoms. The van der Waals surface area contributed by atoms with Gasteiger partial charge in [-0.15, -0.1) is 0 Å². The van der Waals surface area contributed by atoms with E-state index in [-0.39, 0.29) is 11.7 Å². The summed E-state index contributed by atoms with van der Waals surface area (Å²) in [5.41, 5.74) is 1.71. The van der Waals surface area contributed by atoms with E-state index in [1.165, 1.54) is 0 Å². The molecule has 3 heterocycles. The van der Waals surface area contributed by atoms with Gasteiger partial charge in [0, 0.05) is 42.7 Å². The number of aromatic nitrogens is 2. The van der Waals surface area contributed by atoms with E-state index in [0.717, 1.165) is 40.4 Å². The molecule has 0 radical (unpaired) electrons. The van der Waals surface area contributed by atoms with Gasteiger partial charge < -0.3 is 14.0 Å². The highest BCUT2D eigenvalue weighted by molar-refractivity contribution is 6.06. The molecule has 1 aromatic carbocycles. The van der Waals surface area contributed by atoms with Crippen LogP contribution in [0.1, 0.15) is 38.4 Å². The second-order valence-electron chi connectivity index (χ2n) is 7.63. The highest BCUT2D eigenvalue weighted by Gasteiger charge is 2.21. The number of hydrogen-bond acceptors (Lipinski definition) is 5. The Morgan fingerprint density at radius 2 is 2.14 bits per heavy atom. The molecule has 2 aromatic heterocycles. The number of fused-ring (bicyclic) bond motifs is 3. The van der Waals surface area contributed by atoms with Crippen LogP contribution < -0.4 is 10.3 Å². The lowest BCUT2D eigenvalue weighted by Gasteiger charge is -2.18. The highest BCUT2D eigenvalue weighted by atomic mass is 16.5. The molecular formula is C22H25N3O3. The smallest absolute Gasteiger partial charge is 0.260 e. The van der Waals surface area contributed by atoms with Crippen molar-refractivity contribution in [2.45, 2.75) is 32.8 Å². The summed E-state index contributed by atoms with van der Waals surface area (Å²) < 4.78 is 13.6. The predicted octanol–water partition coefficient (Wildman–Crippen LogP) is 4.00. The number of rotatable bonds is 6. The van der Waals surface area contributed by atoms with Gasteiger partial charge in [-0.3, -0.25) is 14.8 Å². The van der Waals surface area contributed by atoms with Crippen molar-refractivity contribution in [3.63, 3.8) is 0 Å². The molecular weight excluding hydrogens is 354 g/mol. The molecule has 146 valence electrons. The zero-order valence-electron chi connectivity index (χ0n) is 16.5. The lowest BCUT2D eigenvalue weighted by atomic mass is 10.0. The molecule has 0 saturated carbocycles. The van der Waals surface area contributed by atoms with Gasteiger partial charge >= 0.3 is 0 Å². The molecule has 0 amide bonds. The maximum Gasteiger partial charge on any atom is 0.260 e. The average Bonchev–Trinajstić information content (AvgIpc) is 3.23. The first-order valence-electron chi connectivity index (χ1n) is 9.71. The summed E-state index contributed by atoms with van der Waals surface area (Å²) in [7, 11) is 1.78. The molecule has 1 aliphatic heterocycles. The van der Waals surface area contributed by atoms with Crippen molar-refractivity contribution < 1.29 is 9.47 Å². The summed E-state index contributed by atoms with van der Waals surface area (Å²) >= 11 is 0. The van der Waals surface area contributed by atoms with Crippen molar-refractivity contribution in [1.82, 2.24) is 9.55 Å². The second kappa shape index (κ2) is 7.72. The summed E-state index contributed by atoms with van der Waals surface area (Å²) in [4.78, 5) is 21.1. The SMILES string of the molecule is CC(C)CCCOc1cc2c(cc1C1C=NCO1)c1ccncc1c(=O)n2C. The van der Waals surface area contributed by atoms with Gasteiger partial charge in [0.2, 0.25) is 0 Å². The minimum atomic E-state index is -0.237. The van der Waals surface area contributed by atoms with Crippen LogP contribution in [0.4, 0.5) is 0 Å². The lowest BCUT2D eigenvalue weighted by Crippen LogP contribution is -2.18. The molecule has 3 aromatic rings. The normalized spacial score (nSPS) is 16.5. The monoisotopic (exact) mass is 379 g/mol. The van der Waals surface area contributed by atoms with Crippen LogP contribution >= 0.6 is 0 Å². The van der Waals surface area contributed by atoms with Crippen LogP contribution in [0.25, 0.3) is 21.7 Å². The van der Waals surface area contributed by atoms with Gasteiger partial charge in [-0.1, -0.05) is 13.8 Å². The Hall–Kier alpha value is -2.73. The minimum Gasteiger partial charge on any atom is -0.493 e. The second-order valence-corrected chi connectivity index (χ2v) is 7.63. The average molecular weight is 379 g/mol. The van der Waals surface area contributed by atoms with Crippen LogP contribution in [-0.2, 0) is 11.8 Å². The third-order valence-electron chi connectivity index (χ3n) is 5.20. The van der Waals surface area contributed by atoms with E-state index in [9.17, 15) is 4.79 Å². The summed E-state index contributed by atoms with van der Waals surface area (Å²) in [5, 5.41) is 2.47. The summed E-state index contributed by atoms with van der Waals surface area (Å²) in [6.45, 7) is 5.40. The van der Waals surface area contributed by atoms with Gasteiger partial charge in [0.05, 0.1) is 17.5 Å². The molecule has 1 atom stereocenters. The quantitative estimate of drug-likeness (QED) is 0.480. The van der Waals surface area contributed by atoms with Crippen molar-refractivity contribution in [2.75, 3.05) is 13.3 Å². The number of aliphatic imine (C=N–C) groups is 1. The van der Waals surface area contributed by atoms with Gasteiger partial charge in [-0.2, -0.15) is 0 Å². The highest BCUT2D eigenvalue weighted by Crippen LogP contribution is 2.35. The fraction of sp³-hybridized carbons (Fsp3) is 0.409. The number of nitrogens with zero attached hydrogens (tertiary/aromatic N) is 3. The molecule has 0 saturated heterocycles. The van der Waals surface area contributed by atoms with Crippen molar-refractivity contribution in [2.24, 2.45) is 18.0 Å². The fourth-order valence-corrected chi connectivity index (χ4v) is 3.67. The summed E-state index contributed by atoms with van der Waals surface area (Å²) in [5.74, 6) is 1.39. The molecule has 0 spiro atoms. The Morgan fingerprint density at radius 3 is 2.89 bits per heavy atom. The Balaban J connectivity index is 1.85. The van der Waals surface area contributed by atoms with E-state index < -0.39 is 0 Å². The van der Waals surface area contributed by atoms with Crippen LogP contribution in [0.2, 0.25) is 0 Å². The number of benzene rings is 1. The largest absolute Gasteiger partial charge is 0.493 e. The first kappa shape index (κ1) is 18.6.